The van der Waals surface area contributed by atoms with Gasteiger partial charge in [-0.05, 0) is 32.3 Å². The van der Waals surface area contributed by atoms with Crippen LogP contribution in [0.25, 0.3) is 0 Å². The first kappa shape index (κ1) is 18.9. The Morgan fingerprint density at radius 3 is 2.54 bits per heavy atom. The van der Waals surface area contributed by atoms with Crippen LogP contribution in [0.1, 0.15) is 20.3 Å². The van der Waals surface area contributed by atoms with E-state index in [9.17, 15) is 8.42 Å². The average Bonchev–Trinajstić information content (AvgIpc) is 2.98. The molecule has 1 atom stereocenters. The summed E-state index contributed by atoms with van der Waals surface area (Å²) in [4.78, 5) is 17.8. The molecule has 2 aliphatic heterocycles. The number of aromatic nitrogens is 2. The number of nitrogens with one attached hydrogen (secondary N) is 1. The number of hydrogen-bond acceptors (Lipinski definition) is 6. The van der Waals surface area contributed by atoms with Crippen molar-refractivity contribution in [2.24, 2.45) is 10.9 Å². The number of piperazine rings is 1. The predicted octanol–water partition coefficient (Wildman–Crippen LogP) is 0.387. The molecule has 3 rings (SSSR count). The van der Waals surface area contributed by atoms with Crippen molar-refractivity contribution in [3.63, 3.8) is 0 Å². The van der Waals surface area contributed by atoms with Crippen LogP contribution in [0.3, 0.4) is 0 Å². The lowest BCUT2D eigenvalue weighted by atomic mass is 10.1. The molecule has 0 saturated carbocycles. The van der Waals surface area contributed by atoms with Gasteiger partial charge in [0.25, 0.3) is 0 Å². The summed E-state index contributed by atoms with van der Waals surface area (Å²) in [5, 5.41) is 3.43. The van der Waals surface area contributed by atoms with Crippen molar-refractivity contribution < 1.29 is 8.42 Å². The van der Waals surface area contributed by atoms with Gasteiger partial charge < -0.3 is 15.1 Å². The molecule has 0 radical (unpaired) electrons. The number of hydrogen-bond donors (Lipinski definition) is 1. The molecular weight excluding hydrogens is 352 g/mol. The number of sulfone groups is 1. The van der Waals surface area contributed by atoms with Gasteiger partial charge in [-0.15, -0.1) is 0 Å². The fourth-order valence-corrected chi connectivity index (χ4v) is 5.15. The Bertz CT molecular complexity index is 714. The molecule has 0 aromatic carbocycles. The zero-order chi connectivity index (χ0) is 18.6. The van der Waals surface area contributed by atoms with Crippen molar-refractivity contribution >= 4 is 21.7 Å². The van der Waals surface area contributed by atoms with Crippen LogP contribution in [0.2, 0.25) is 0 Å². The summed E-state index contributed by atoms with van der Waals surface area (Å²) in [5.41, 5.74) is 0. The van der Waals surface area contributed by atoms with Gasteiger partial charge >= 0.3 is 0 Å². The topological polar surface area (TPSA) is 90.8 Å². The molecule has 9 heteroatoms. The molecule has 144 valence electrons. The van der Waals surface area contributed by atoms with Gasteiger partial charge in [-0.2, -0.15) is 0 Å². The molecule has 26 heavy (non-hydrogen) atoms. The number of guanidine groups is 1. The van der Waals surface area contributed by atoms with Crippen LogP contribution < -0.4 is 10.2 Å². The summed E-state index contributed by atoms with van der Waals surface area (Å²) >= 11 is 0. The maximum absolute atomic E-state index is 11.6. The minimum atomic E-state index is -2.85. The maximum Gasteiger partial charge on any atom is 0.225 e. The molecule has 0 bridgehead atoms. The highest BCUT2D eigenvalue weighted by Gasteiger charge is 2.28. The van der Waals surface area contributed by atoms with E-state index in [0.717, 1.165) is 44.5 Å². The monoisotopic (exact) mass is 380 g/mol. The summed E-state index contributed by atoms with van der Waals surface area (Å²) in [6, 6.07) is 2.09. The molecule has 8 nitrogen and oxygen atoms in total. The van der Waals surface area contributed by atoms with Gasteiger partial charge in [-0.3, -0.25) is 4.99 Å². The molecule has 2 aliphatic rings. The van der Waals surface area contributed by atoms with Crippen molar-refractivity contribution in [2.45, 2.75) is 26.3 Å². The van der Waals surface area contributed by atoms with Crippen molar-refractivity contribution in [2.75, 3.05) is 49.1 Å². The Morgan fingerprint density at radius 1 is 1.27 bits per heavy atom. The van der Waals surface area contributed by atoms with Crippen LogP contribution in [-0.2, 0) is 9.84 Å². The van der Waals surface area contributed by atoms with Crippen LogP contribution in [0.5, 0.6) is 0 Å². The highest BCUT2D eigenvalue weighted by Crippen LogP contribution is 2.19. The SMILES string of the molecule is CC(C)NC(=NCC1CCS(=O)(=O)C1)N1CCN(c2ncccn2)CC1. The zero-order valence-corrected chi connectivity index (χ0v) is 16.3. The van der Waals surface area contributed by atoms with Gasteiger partial charge in [0.15, 0.2) is 15.8 Å². The fourth-order valence-electron chi connectivity index (χ4n) is 3.30. The van der Waals surface area contributed by atoms with E-state index in [2.05, 4.69) is 38.9 Å². The summed E-state index contributed by atoms with van der Waals surface area (Å²) in [5.74, 6) is 2.35. The number of rotatable bonds is 4. The van der Waals surface area contributed by atoms with E-state index < -0.39 is 9.84 Å². The van der Waals surface area contributed by atoms with Crippen molar-refractivity contribution in [1.29, 1.82) is 0 Å². The Hall–Kier alpha value is -1.90. The van der Waals surface area contributed by atoms with Crippen molar-refractivity contribution in [3.05, 3.63) is 18.5 Å². The zero-order valence-electron chi connectivity index (χ0n) is 15.5. The lowest BCUT2D eigenvalue weighted by Crippen LogP contribution is -2.54. The summed E-state index contributed by atoms with van der Waals surface area (Å²) < 4.78 is 23.3. The first-order chi connectivity index (χ1) is 12.4. The van der Waals surface area contributed by atoms with Crippen LogP contribution in [0, 0.1) is 5.92 Å². The molecule has 2 saturated heterocycles. The van der Waals surface area contributed by atoms with Gasteiger partial charge in [-0.1, -0.05) is 0 Å². The number of aliphatic imine (C=N–C) groups is 1. The van der Waals surface area contributed by atoms with E-state index in [1.165, 1.54) is 0 Å². The van der Waals surface area contributed by atoms with E-state index in [4.69, 9.17) is 4.99 Å². The predicted molar refractivity (Wildman–Crippen MR) is 103 cm³/mol. The van der Waals surface area contributed by atoms with Crippen LogP contribution in [0.15, 0.2) is 23.5 Å². The molecule has 0 spiro atoms. The van der Waals surface area contributed by atoms with Crippen molar-refractivity contribution in [1.82, 2.24) is 20.2 Å². The minimum Gasteiger partial charge on any atom is -0.354 e. The Balaban J connectivity index is 1.60. The molecule has 1 N–H and O–H groups in total. The van der Waals surface area contributed by atoms with Gasteiger partial charge in [0, 0.05) is 51.2 Å². The Kier molecular flexibility index (Phi) is 5.95. The molecule has 1 unspecified atom stereocenters. The normalized spacial score (nSPS) is 23.5. The van der Waals surface area contributed by atoms with E-state index in [0.29, 0.717) is 12.3 Å². The first-order valence-electron chi connectivity index (χ1n) is 9.21. The van der Waals surface area contributed by atoms with E-state index in [1.807, 2.05) is 6.07 Å². The second-order valence-electron chi connectivity index (χ2n) is 7.26. The van der Waals surface area contributed by atoms with Gasteiger partial charge in [0.2, 0.25) is 5.95 Å². The lowest BCUT2D eigenvalue weighted by Gasteiger charge is -2.37. The van der Waals surface area contributed by atoms with E-state index >= 15 is 0 Å². The molecule has 1 aromatic rings. The third-order valence-corrected chi connectivity index (χ3v) is 6.49. The lowest BCUT2D eigenvalue weighted by molar-refractivity contribution is 0.364. The quantitative estimate of drug-likeness (QED) is 0.597. The second kappa shape index (κ2) is 8.20. The standard InChI is InChI=1S/C17H28N6O2S/c1-14(2)21-17(20-12-15-4-11-26(24,25)13-15)23-9-7-22(8-10-23)16-18-5-3-6-19-16/h3,5-6,14-15H,4,7-13H2,1-2H3,(H,20,21). The van der Waals surface area contributed by atoms with Crippen LogP contribution in [-0.4, -0.2) is 79.5 Å². The highest BCUT2D eigenvalue weighted by molar-refractivity contribution is 7.91. The molecule has 0 aliphatic carbocycles. The minimum absolute atomic E-state index is 0.142. The Morgan fingerprint density at radius 2 is 1.96 bits per heavy atom. The van der Waals surface area contributed by atoms with Crippen LogP contribution >= 0.6 is 0 Å². The maximum atomic E-state index is 11.6. The van der Waals surface area contributed by atoms with Crippen molar-refractivity contribution in [3.8, 4) is 0 Å². The third kappa shape index (κ3) is 5.06. The smallest absolute Gasteiger partial charge is 0.225 e. The van der Waals surface area contributed by atoms with E-state index in [-0.39, 0.29) is 17.7 Å². The largest absolute Gasteiger partial charge is 0.354 e. The average molecular weight is 381 g/mol. The van der Waals surface area contributed by atoms with Gasteiger partial charge in [0.1, 0.15) is 0 Å². The molecule has 1 aromatic heterocycles. The Labute approximate surface area is 155 Å². The highest BCUT2D eigenvalue weighted by atomic mass is 32.2. The van der Waals surface area contributed by atoms with Gasteiger partial charge in [-0.25, -0.2) is 18.4 Å². The molecule has 2 fully saturated rings. The number of nitrogens with zero attached hydrogens (tertiary/aromatic N) is 5. The molecular formula is C17H28N6O2S. The third-order valence-electron chi connectivity index (χ3n) is 4.66. The van der Waals surface area contributed by atoms with Crippen LogP contribution in [0.4, 0.5) is 5.95 Å². The fraction of sp³-hybridized carbons (Fsp3) is 0.706. The molecule has 3 heterocycles. The first-order valence-corrected chi connectivity index (χ1v) is 11.0. The van der Waals surface area contributed by atoms with E-state index in [1.54, 1.807) is 12.4 Å². The summed E-state index contributed by atoms with van der Waals surface area (Å²) in [6.07, 6.45) is 4.25. The summed E-state index contributed by atoms with van der Waals surface area (Å²) in [7, 11) is -2.85. The second-order valence-corrected chi connectivity index (χ2v) is 9.48. The van der Waals surface area contributed by atoms with Gasteiger partial charge in [0.05, 0.1) is 11.5 Å². The molecule has 0 amide bonds. The number of anilines is 1. The summed E-state index contributed by atoms with van der Waals surface area (Å²) in [6.45, 7) is 8.07.